The van der Waals surface area contributed by atoms with E-state index in [9.17, 15) is 9.90 Å². The third-order valence-corrected chi connectivity index (χ3v) is 3.74. The van der Waals surface area contributed by atoms with E-state index in [4.69, 9.17) is 14.2 Å². The van der Waals surface area contributed by atoms with E-state index in [0.29, 0.717) is 11.5 Å². The van der Waals surface area contributed by atoms with Crippen LogP contribution in [-0.2, 0) is 14.2 Å². The van der Waals surface area contributed by atoms with Crippen molar-refractivity contribution in [1.29, 1.82) is 0 Å². The molecule has 2 aromatic heterocycles. The number of fused-ring (bicyclic) bond motifs is 1. The lowest BCUT2D eigenvalue weighted by Gasteiger charge is -2.18. The van der Waals surface area contributed by atoms with Gasteiger partial charge in [-0.15, -0.1) is 0 Å². The highest BCUT2D eigenvalue weighted by molar-refractivity contribution is 5.69. The molecule has 1 aliphatic rings. The fourth-order valence-electron chi connectivity index (χ4n) is 2.76. The van der Waals surface area contributed by atoms with Crippen LogP contribution in [0.2, 0.25) is 0 Å². The van der Waals surface area contributed by atoms with Gasteiger partial charge in [0.15, 0.2) is 17.4 Å². The fourth-order valence-corrected chi connectivity index (χ4v) is 2.76. The maximum Gasteiger partial charge on any atom is 0.279 e. The molecule has 9 heteroatoms. The molecule has 1 aliphatic heterocycles. The second-order valence-electron chi connectivity index (χ2n) is 5.19. The summed E-state index contributed by atoms with van der Waals surface area (Å²) in [7, 11) is 3.05. The smallest absolute Gasteiger partial charge is 0.279 e. The predicted octanol–water partition coefficient (Wildman–Crippen LogP) is -0.652. The van der Waals surface area contributed by atoms with Gasteiger partial charge in [-0.25, -0.2) is 9.97 Å². The monoisotopic (exact) mass is 310 g/mol. The first kappa shape index (κ1) is 15.1. The van der Waals surface area contributed by atoms with Crippen LogP contribution in [0.4, 0.5) is 0 Å². The van der Waals surface area contributed by atoms with E-state index in [1.807, 2.05) is 0 Å². The van der Waals surface area contributed by atoms with Crippen LogP contribution in [0.25, 0.3) is 11.2 Å². The van der Waals surface area contributed by atoms with Crippen LogP contribution in [-0.4, -0.2) is 63.8 Å². The van der Waals surface area contributed by atoms with Crippen molar-refractivity contribution in [2.24, 2.45) is 0 Å². The van der Waals surface area contributed by atoms with Crippen LogP contribution in [0.1, 0.15) is 12.1 Å². The molecule has 4 atom stereocenters. The Hall–Kier alpha value is -1.81. The van der Waals surface area contributed by atoms with Gasteiger partial charge in [0.05, 0.1) is 12.9 Å². The number of imidazole rings is 1. The molecule has 0 amide bonds. The van der Waals surface area contributed by atoms with Crippen LogP contribution in [0.15, 0.2) is 11.1 Å². The van der Waals surface area contributed by atoms with E-state index in [1.165, 1.54) is 13.4 Å². The number of hydrogen-bond acceptors (Lipinski definition) is 7. The molecule has 22 heavy (non-hydrogen) atoms. The summed E-state index contributed by atoms with van der Waals surface area (Å²) in [5.74, 6) is 0.462. The molecule has 0 aliphatic carbocycles. The molecule has 1 saturated heterocycles. The molecule has 0 aromatic carbocycles. The predicted molar refractivity (Wildman–Crippen MR) is 75.5 cm³/mol. The van der Waals surface area contributed by atoms with Crippen LogP contribution in [0.5, 0.6) is 0 Å². The largest absolute Gasteiger partial charge is 0.386 e. The van der Waals surface area contributed by atoms with Crippen LogP contribution >= 0.6 is 0 Å². The average molecular weight is 310 g/mol. The maximum atomic E-state index is 11.9. The van der Waals surface area contributed by atoms with Gasteiger partial charge in [-0.05, 0) is 6.92 Å². The van der Waals surface area contributed by atoms with Crippen molar-refractivity contribution in [3.05, 3.63) is 22.5 Å². The van der Waals surface area contributed by atoms with Gasteiger partial charge in [-0.1, -0.05) is 0 Å². The summed E-state index contributed by atoms with van der Waals surface area (Å²) < 4.78 is 17.8. The van der Waals surface area contributed by atoms with Crippen molar-refractivity contribution in [2.45, 2.75) is 31.5 Å². The van der Waals surface area contributed by atoms with Gasteiger partial charge in [0.2, 0.25) is 0 Å². The van der Waals surface area contributed by atoms with Gasteiger partial charge in [0.25, 0.3) is 5.56 Å². The molecule has 9 nitrogen and oxygen atoms in total. The quantitative estimate of drug-likeness (QED) is 0.771. The van der Waals surface area contributed by atoms with Crippen molar-refractivity contribution in [2.75, 3.05) is 20.8 Å². The minimum absolute atomic E-state index is 0.200. The van der Waals surface area contributed by atoms with Crippen molar-refractivity contribution < 1.29 is 19.3 Å². The zero-order chi connectivity index (χ0) is 15.9. The lowest BCUT2D eigenvalue weighted by molar-refractivity contribution is -0.0612. The summed E-state index contributed by atoms with van der Waals surface area (Å²) in [6, 6.07) is 0. The molecule has 3 rings (SSSR count). The normalized spacial score (nSPS) is 28.5. The van der Waals surface area contributed by atoms with Gasteiger partial charge in [0, 0.05) is 14.2 Å². The molecule has 0 saturated carbocycles. The van der Waals surface area contributed by atoms with E-state index >= 15 is 0 Å². The van der Waals surface area contributed by atoms with Crippen LogP contribution < -0.4 is 5.56 Å². The van der Waals surface area contributed by atoms with Crippen molar-refractivity contribution in [3.8, 4) is 0 Å². The Morgan fingerprint density at radius 2 is 2.27 bits per heavy atom. The zero-order valence-corrected chi connectivity index (χ0v) is 12.5. The number of aromatic amines is 1. The number of aryl methyl sites for hydroxylation is 1. The number of aliphatic hydroxyl groups is 1. The molecule has 0 bridgehead atoms. The molecule has 0 radical (unpaired) electrons. The first-order chi connectivity index (χ1) is 10.6. The number of rotatable bonds is 4. The number of nitrogens with one attached hydrogen (secondary N) is 1. The maximum absolute atomic E-state index is 11.9. The minimum atomic E-state index is -0.927. The second-order valence-corrected chi connectivity index (χ2v) is 5.19. The minimum Gasteiger partial charge on any atom is -0.386 e. The number of methoxy groups -OCH3 is 2. The molecule has 2 N–H and O–H groups in total. The molecule has 2 aromatic rings. The summed E-state index contributed by atoms with van der Waals surface area (Å²) in [5, 5.41) is 10.4. The molecule has 4 unspecified atom stereocenters. The SMILES string of the molecule is COCC1OC(n2cnc3c(=O)[nH]c(C)nc32)C(O)C1OC. The first-order valence-electron chi connectivity index (χ1n) is 6.85. The Morgan fingerprint density at radius 1 is 1.50 bits per heavy atom. The topological polar surface area (TPSA) is 111 Å². The molecular formula is C13H18N4O5. The lowest BCUT2D eigenvalue weighted by Crippen LogP contribution is -2.35. The Bertz CT molecular complexity index is 727. The standard InChI is InChI=1S/C13H18N4O5/c1-6-15-11-8(12(19)16-6)14-5-17(11)13-9(18)10(21-3)7(22-13)4-20-2/h5,7,9-10,13,18H,4H2,1-3H3,(H,15,16,19). The van der Waals surface area contributed by atoms with Crippen molar-refractivity contribution >= 4 is 11.2 Å². The third kappa shape index (κ3) is 2.31. The Kier molecular flexibility index (Phi) is 3.96. The summed E-state index contributed by atoms with van der Waals surface area (Å²) in [6.45, 7) is 1.96. The molecular weight excluding hydrogens is 292 g/mol. The highest BCUT2D eigenvalue weighted by Crippen LogP contribution is 2.32. The summed E-state index contributed by atoms with van der Waals surface area (Å²) in [5.41, 5.74) is 0.231. The number of aliphatic hydroxyl groups excluding tert-OH is 1. The van der Waals surface area contributed by atoms with E-state index in [-0.39, 0.29) is 17.7 Å². The zero-order valence-electron chi connectivity index (χ0n) is 12.5. The number of hydrogen-bond donors (Lipinski definition) is 2. The summed E-state index contributed by atoms with van der Waals surface area (Å²) in [4.78, 5) is 22.8. The first-order valence-corrected chi connectivity index (χ1v) is 6.85. The van der Waals surface area contributed by atoms with E-state index in [1.54, 1.807) is 18.6 Å². The van der Waals surface area contributed by atoms with Crippen molar-refractivity contribution in [1.82, 2.24) is 19.5 Å². The third-order valence-electron chi connectivity index (χ3n) is 3.74. The van der Waals surface area contributed by atoms with Gasteiger partial charge >= 0.3 is 0 Å². The highest BCUT2D eigenvalue weighted by Gasteiger charge is 2.45. The molecule has 0 spiro atoms. The Balaban J connectivity index is 2.02. The second kappa shape index (κ2) is 5.76. The molecule has 120 valence electrons. The Morgan fingerprint density at radius 3 is 2.95 bits per heavy atom. The van der Waals surface area contributed by atoms with E-state index in [2.05, 4.69) is 15.0 Å². The lowest BCUT2D eigenvalue weighted by atomic mass is 10.1. The molecule has 3 heterocycles. The highest BCUT2D eigenvalue weighted by atomic mass is 16.6. The number of nitrogens with zero attached hydrogens (tertiary/aromatic N) is 3. The van der Waals surface area contributed by atoms with Crippen LogP contribution in [0.3, 0.4) is 0 Å². The van der Waals surface area contributed by atoms with Crippen molar-refractivity contribution in [3.63, 3.8) is 0 Å². The van der Waals surface area contributed by atoms with Gasteiger partial charge < -0.3 is 24.3 Å². The van der Waals surface area contributed by atoms with E-state index < -0.39 is 24.5 Å². The number of ether oxygens (including phenoxy) is 3. The summed E-state index contributed by atoms with van der Waals surface area (Å²) in [6.07, 6.45) is -1.20. The fraction of sp³-hybridized carbons (Fsp3) is 0.615. The Labute approximate surface area is 125 Å². The van der Waals surface area contributed by atoms with Gasteiger partial charge in [0.1, 0.15) is 24.1 Å². The van der Waals surface area contributed by atoms with Crippen LogP contribution in [0, 0.1) is 6.92 Å². The number of aromatic nitrogens is 4. The number of H-pyrrole nitrogens is 1. The van der Waals surface area contributed by atoms with Gasteiger partial charge in [-0.2, -0.15) is 0 Å². The summed E-state index contributed by atoms with van der Waals surface area (Å²) >= 11 is 0. The van der Waals surface area contributed by atoms with Gasteiger partial charge in [-0.3, -0.25) is 9.36 Å². The van der Waals surface area contributed by atoms with E-state index in [0.717, 1.165) is 0 Å². The average Bonchev–Trinajstić information content (AvgIpc) is 3.01. The molecule has 1 fully saturated rings.